The van der Waals surface area contributed by atoms with E-state index in [0.29, 0.717) is 10.6 Å². The van der Waals surface area contributed by atoms with Crippen LogP contribution in [-0.4, -0.2) is 42.1 Å². The number of aromatic nitrogens is 1. The van der Waals surface area contributed by atoms with Gasteiger partial charge in [0, 0.05) is 34.1 Å². The Morgan fingerprint density at radius 3 is 2.47 bits per heavy atom. The molecule has 2 aromatic carbocycles. The third kappa shape index (κ3) is 6.34. The van der Waals surface area contributed by atoms with E-state index in [1.165, 1.54) is 0 Å². The zero-order chi connectivity index (χ0) is 23.1. The van der Waals surface area contributed by atoms with Crippen LogP contribution in [0.3, 0.4) is 0 Å². The van der Waals surface area contributed by atoms with Gasteiger partial charge in [-0.3, -0.25) is 4.79 Å². The molecule has 3 aromatic rings. The molecule has 0 saturated carbocycles. The second-order valence-electron chi connectivity index (χ2n) is 7.79. The summed E-state index contributed by atoms with van der Waals surface area (Å²) in [4.78, 5) is 40.5. The number of ether oxygens (including phenoxy) is 2. The lowest BCUT2D eigenvalue weighted by atomic mass is 10.1. The molecule has 0 bridgehead atoms. The summed E-state index contributed by atoms with van der Waals surface area (Å²) in [5.74, 6) is -0.945. The standard InChI is InChI=1S/C24H25ClN2O5/c1-15(2)13-32-24(30)27-21(11-17-12-26-20-6-4-3-5-19(17)20)23(29)31-14-22(28)16-7-9-18(25)10-8-16/h3-10,12,15,21,26H,11,13-14H2,1-2H3,(H,27,30)/t21-/m0/s1. The summed E-state index contributed by atoms with van der Waals surface area (Å²) in [5, 5.41) is 4.00. The molecule has 1 atom stereocenters. The lowest BCUT2D eigenvalue weighted by Gasteiger charge is -2.18. The van der Waals surface area contributed by atoms with Crippen LogP contribution in [0.5, 0.6) is 0 Å². The summed E-state index contributed by atoms with van der Waals surface area (Å²) < 4.78 is 10.4. The summed E-state index contributed by atoms with van der Waals surface area (Å²) in [6.07, 6.45) is 1.24. The topological polar surface area (TPSA) is 97.5 Å². The molecule has 0 aliphatic heterocycles. The van der Waals surface area contributed by atoms with Crippen molar-refractivity contribution in [3.05, 3.63) is 70.9 Å². The van der Waals surface area contributed by atoms with Crippen LogP contribution in [-0.2, 0) is 20.7 Å². The van der Waals surface area contributed by atoms with Crippen LogP contribution in [0.15, 0.2) is 54.7 Å². The Kier molecular flexibility index (Phi) is 7.89. The molecule has 0 saturated heterocycles. The number of para-hydroxylation sites is 1. The molecule has 0 spiro atoms. The van der Waals surface area contributed by atoms with E-state index in [1.54, 1.807) is 30.5 Å². The predicted molar refractivity (Wildman–Crippen MR) is 122 cm³/mol. The van der Waals surface area contributed by atoms with Crippen molar-refractivity contribution in [3.8, 4) is 0 Å². The number of benzene rings is 2. The number of hydrogen-bond donors (Lipinski definition) is 2. The van der Waals surface area contributed by atoms with Gasteiger partial charge in [-0.25, -0.2) is 9.59 Å². The highest BCUT2D eigenvalue weighted by Gasteiger charge is 2.26. The molecule has 1 aromatic heterocycles. The molecule has 168 valence electrons. The zero-order valence-electron chi connectivity index (χ0n) is 17.9. The van der Waals surface area contributed by atoms with Crippen molar-refractivity contribution < 1.29 is 23.9 Å². The average molecular weight is 457 g/mol. The quantitative estimate of drug-likeness (QED) is 0.364. The second kappa shape index (κ2) is 10.8. The van der Waals surface area contributed by atoms with Gasteiger partial charge in [0.1, 0.15) is 6.04 Å². The van der Waals surface area contributed by atoms with Crippen LogP contribution in [0.25, 0.3) is 10.9 Å². The Hall–Kier alpha value is -3.32. The molecule has 8 heteroatoms. The maximum absolute atomic E-state index is 12.8. The number of alkyl carbamates (subject to hydrolysis) is 1. The van der Waals surface area contributed by atoms with Gasteiger partial charge in [-0.2, -0.15) is 0 Å². The monoisotopic (exact) mass is 456 g/mol. The fourth-order valence-corrected chi connectivity index (χ4v) is 3.22. The number of nitrogens with one attached hydrogen (secondary N) is 2. The van der Waals surface area contributed by atoms with E-state index in [2.05, 4.69) is 10.3 Å². The van der Waals surface area contributed by atoms with Gasteiger partial charge in [0.2, 0.25) is 0 Å². The minimum Gasteiger partial charge on any atom is -0.456 e. The van der Waals surface area contributed by atoms with Gasteiger partial charge in [-0.15, -0.1) is 0 Å². The average Bonchev–Trinajstić information content (AvgIpc) is 3.18. The Morgan fingerprint density at radius 1 is 1.03 bits per heavy atom. The van der Waals surface area contributed by atoms with Crippen molar-refractivity contribution in [1.29, 1.82) is 0 Å². The fourth-order valence-electron chi connectivity index (χ4n) is 3.10. The van der Waals surface area contributed by atoms with Crippen molar-refractivity contribution in [3.63, 3.8) is 0 Å². The molecule has 0 aliphatic carbocycles. The van der Waals surface area contributed by atoms with E-state index in [0.717, 1.165) is 16.5 Å². The number of ketones is 1. The van der Waals surface area contributed by atoms with Gasteiger partial charge >= 0.3 is 12.1 Å². The highest BCUT2D eigenvalue weighted by molar-refractivity contribution is 6.30. The molecule has 3 rings (SSSR count). The lowest BCUT2D eigenvalue weighted by molar-refractivity contribution is -0.144. The number of fused-ring (bicyclic) bond motifs is 1. The Labute approximate surface area is 191 Å². The fraction of sp³-hybridized carbons (Fsp3) is 0.292. The van der Waals surface area contributed by atoms with Gasteiger partial charge in [0.25, 0.3) is 0 Å². The van der Waals surface area contributed by atoms with E-state index >= 15 is 0 Å². The van der Waals surface area contributed by atoms with Crippen molar-refractivity contribution in [2.75, 3.05) is 13.2 Å². The number of halogens is 1. The number of Topliss-reactive ketones (excluding diaryl/α,β-unsaturated/α-hetero) is 1. The molecule has 7 nitrogen and oxygen atoms in total. The molecule has 0 fully saturated rings. The summed E-state index contributed by atoms with van der Waals surface area (Å²) in [7, 11) is 0. The van der Waals surface area contributed by atoms with Crippen LogP contribution in [0.2, 0.25) is 5.02 Å². The first-order valence-electron chi connectivity index (χ1n) is 10.3. The van der Waals surface area contributed by atoms with E-state index in [1.807, 2.05) is 38.1 Å². The van der Waals surface area contributed by atoms with Crippen molar-refractivity contribution in [2.45, 2.75) is 26.3 Å². The van der Waals surface area contributed by atoms with Crippen molar-refractivity contribution >= 4 is 40.3 Å². The molecular formula is C24H25ClN2O5. The number of carbonyl (C=O) groups excluding carboxylic acids is 3. The van der Waals surface area contributed by atoms with Crippen LogP contribution in [0.1, 0.15) is 29.8 Å². The van der Waals surface area contributed by atoms with Crippen molar-refractivity contribution in [1.82, 2.24) is 10.3 Å². The molecular weight excluding hydrogens is 432 g/mol. The maximum atomic E-state index is 12.8. The largest absolute Gasteiger partial charge is 0.456 e. The zero-order valence-corrected chi connectivity index (χ0v) is 18.6. The van der Waals surface area contributed by atoms with Crippen molar-refractivity contribution in [2.24, 2.45) is 5.92 Å². The number of amides is 1. The second-order valence-corrected chi connectivity index (χ2v) is 8.23. The van der Waals surface area contributed by atoms with Gasteiger partial charge in [0.05, 0.1) is 6.61 Å². The molecule has 0 radical (unpaired) electrons. The maximum Gasteiger partial charge on any atom is 0.407 e. The molecule has 1 heterocycles. The Bertz CT molecular complexity index is 1090. The first kappa shape index (κ1) is 23.3. The predicted octanol–water partition coefficient (Wildman–Crippen LogP) is 4.54. The summed E-state index contributed by atoms with van der Waals surface area (Å²) in [6, 6.07) is 12.9. The number of carbonyl (C=O) groups is 3. The summed E-state index contributed by atoms with van der Waals surface area (Å²) in [6.45, 7) is 3.59. The minimum absolute atomic E-state index is 0.150. The first-order chi connectivity index (χ1) is 15.3. The number of esters is 1. The van der Waals surface area contributed by atoms with Crippen LogP contribution in [0.4, 0.5) is 4.79 Å². The van der Waals surface area contributed by atoms with E-state index < -0.39 is 24.7 Å². The highest BCUT2D eigenvalue weighted by atomic mass is 35.5. The third-order valence-electron chi connectivity index (χ3n) is 4.74. The van der Waals surface area contributed by atoms with Gasteiger partial charge < -0.3 is 19.8 Å². The third-order valence-corrected chi connectivity index (χ3v) is 4.99. The smallest absolute Gasteiger partial charge is 0.407 e. The van der Waals surface area contributed by atoms with Crippen LogP contribution < -0.4 is 5.32 Å². The Balaban J connectivity index is 1.70. The van der Waals surface area contributed by atoms with Crippen LogP contribution >= 0.6 is 11.6 Å². The number of hydrogen-bond acceptors (Lipinski definition) is 5. The molecule has 2 N–H and O–H groups in total. The summed E-state index contributed by atoms with van der Waals surface area (Å²) in [5.41, 5.74) is 2.12. The van der Waals surface area contributed by atoms with E-state index in [9.17, 15) is 14.4 Å². The van der Waals surface area contributed by atoms with Gasteiger partial charge in [0.15, 0.2) is 12.4 Å². The molecule has 32 heavy (non-hydrogen) atoms. The minimum atomic E-state index is -1.02. The summed E-state index contributed by atoms with van der Waals surface area (Å²) >= 11 is 5.84. The lowest BCUT2D eigenvalue weighted by Crippen LogP contribution is -2.44. The normalized spacial score (nSPS) is 11.9. The number of H-pyrrole nitrogens is 1. The number of rotatable bonds is 9. The van der Waals surface area contributed by atoms with Crippen LogP contribution in [0, 0.1) is 5.92 Å². The van der Waals surface area contributed by atoms with E-state index in [-0.39, 0.29) is 24.7 Å². The highest BCUT2D eigenvalue weighted by Crippen LogP contribution is 2.19. The Morgan fingerprint density at radius 2 is 1.75 bits per heavy atom. The van der Waals surface area contributed by atoms with Gasteiger partial charge in [-0.05, 0) is 41.8 Å². The SMILES string of the molecule is CC(C)COC(=O)N[C@@H](Cc1c[nH]c2ccccc12)C(=O)OCC(=O)c1ccc(Cl)cc1. The van der Waals surface area contributed by atoms with E-state index in [4.69, 9.17) is 21.1 Å². The number of aromatic amines is 1. The molecule has 1 amide bonds. The molecule has 0 unspecified atom stereocenters. The first-order valence-corrected chi connectivity index (χ1v) is 10.6. The van der Waals surface area contributed by atoms with Gasteiger partial charge in [-0.1, -0.05) is 43.6 Å². The molecule has 0 aliphatic rings.